The summed E-state index contributed by atoms with van der Waals surface area (Å²) in [5, 5.41) is 8.43. The number of carbonyl (C=O) groups excluding carboxylic acids is 1. The number of fused-ring (bicyclic) bond motifs is 1. The molecule has 5 nitrogen and oxygen atoms in total. The van der Waals surface area contributed by atoms with E-state index in [1.165, 1.54) is 4.68 Å². The third kappa shape index (κ3) is 3.18. The summed E-state index contributed by atoms with van der Waals surface area (Å²) in [6, 6.07) is 10.6. The van der Waals surface area contributed by atoms with Gasteiger partial charge in [-0.15, -0.1) is 0 Å². The van der Waals surface area contributed by atoms with Crippen LogP contribution in [0.15, 0.2) is 47.4 Å². The molecule has 0 aliphatic carbocycles. The summed E-state index contributed by atoms with van der Waals surface area (Å²) in [7, 11) is 0. The zero-order chi connectivity index (χ0) is 18.1. The molecule has 3 rings (SSSR count). The van der Waals surface area contributed by atoms with Crippen LogP contribution in [-0.4, -0.2) is 15.7 Å². The lowest BCUT2D eigenvalue weighted by Crippen LogP contribution is -2.33. The van der Waals surface area contributed by atoms with Gasteiger partial charge in [-0.3, -0.25) is 9.59 Å². The number of aryl methyl sites for hydroxylation is 3. The van der Waals surface area contributed by atoms with Gasteiger partial charge in [0.2, 0.25) is 5.91 Å². The molecule has 0 aliphatic heterocycles. The number of rotatable bonds is 3. The molecule has 25 heavy (non-hydrogen) atoms. The smallest absolute Gasteiger partial charge is 0.275 e. The van der Waals surface area contributed by atoms with Crippen molar-refractivity contribution < 1.29 is 4.79 Å². The normalized spacial score (nSPS) is 12.2. The van der Waals surface area contributed by atoms with Crippen molar-refractivity contribution in [1.29, 1.82) is 0 Å². The molecule has 3 aromatic rings. The highest BCUT2D eigenvalue weighted by Gasteiger charge is 2.20. The third-order valence-corrected chi connectivity index (χ3v) is 4.39. The van der Waals surface area contributed by atoms with Crippen LogP contribution >= 0.6 is 0 Å². The van der Waals surface area contributed by atoms with Crippen LogP contribution in [0.1, 0.15) is 29.7 Å². The van der Waals surface area contributed by atoms with Gasteiger partial charge in [0.25, 0.3) is 5.56 Å². The number of amides is 1. The Hall–Kier alpha value is -2.95. The van der Waals surface area contributed by atoms with E-state index >= 15 is 0 Å². The second-order valence-corrected chi connectivity index (χ2v) is 6.42. The van der Waals surface area contributed by atoms with Crippen molar-refractivity contribution in [2.45, 2.75) is 33.7 Å². The van der Waals surface area contributed by atoms with Crippen molar-refractivity contribution in [3.8, 4) is 0 Å². The molecule has 1 atom stereocenters. The highest BCUT2D eigenvalue weighted by Crippen LogP contribution is 2.23. The van der Waals surface area contributed by atoms with Crippen LogP contribution < -0.4 is 10.9 Å². The van der Waals surface area contributed by atoms with Crippen molar-refractivity contribution in [2.75, 3.05) is 5.32 Å². The Kier molecular flexibility index (Phi) is 4.40. The van der Waals surface area contributed by atoms with Crippen molar-refractivity contribution in [1.82, 2.24) is 9.78 Å². The van der Waals surface area contributed by atoms with Gasteiger partial charge in [-0.25, -0.2) is 4.68 Å². The van der Waals surface area contributed by atoms with Crippen molar-refractivity contribution in [3.05, 3.63) is 69.6 Å². The number of hydrogen-bond donors (Lipinski definition) is 1. The molecule has 0 saturated heterocycles. The fourth-order valence-corrected chi connectivity index (χ4v) is 3.10. The summed E-state index contributed by atoms with van der Waals surface area (Å²) in [5.74, 6) is -0.264. The number of aromatic nitrogens is 2. The van der Waals surface area contributed by atoms with Crippen LogP contribution in [0.5, 0.6) is 0 Å². The second-order valence-electron chi connectivity index (χ2n) is 6.42. The molecule has 1 heterocycles. The van der Waals surface area contributed by atoms with Gasteiger partial charge in [0.15, 0.2) is 0 Å². The largest absolute Gasteiger partial charge is 0.324 e. The van der Waals surface area contributed by atoms with Gasteiger partial charge in [0, 0.05) is 11.1 Å². The molecule has 0 aliphatic rings. The highest BCUT2D eigenvalue weighted by molar-refractivity contribution is 5.95. The lowest BCUT2D eigenvalue weighted by molar-refractivity contribution is -0.119. The molecule has 0 spiro atoms. The fraction of sp³-hybridized carbons (Fsp3) is 0.250. The summed E-state index contributed by atoms with van der Waals surface area (Å²) >= 11 is 0. The van der Waals surface area contributed by atoms with E-state index in [0.29, 0.717) is 5.39 Å². The van der Waals surface area contributed by atoms with Gasteiger partial charge in [-0.1, -0.05) is 35.9 Å². The molecular formula is C20H21N3O2. The van der Waals surface area contributed by atoms with Crippen molar-refractivity contribution in [3.63, 3.8) is 0 Å². The topological polar surface area (TPSA) is 64.0 Å². The summed E-state index contributed by atoms with van der Waals surface area (Å²) in [5.41, 5.74) is 3.66. The number of nitrogens with zero attached hydrogens (tertiary/aromatic N) is 2. The van der Waals surface area contributed by atoms with E-state index in [1.807, 2.05) is 45.0 Å². The van der Waals surface area contributed by atoms with Crippen molar-refractivity contribution in [2.24, 2.45) is 0 Å². The summed E-state index contributed by atoms with van der Waals surface area (Å²) in [6.45, 7) is 7.62. The first kappa shape index (κ1) is 16.9. The van der Waals surface area contributed by atoms with Crippen LogP contribution in [-0.2, 0) is 4.79 Å². The Morgan fingerprint density at radius 2 is 1.76 bits per heavy atom. The van der Waals surface area contributed by atoms with E-state index < -0.39 is 6.04 Å². The Labute approximate surface area is 146 Å². The molecule has 5 heteroatoms. The zero-order valence-electron chi connectivity index (χ0n) is 14.8. The molecule has 1 amide bonds. The maximum Gasteiger partial charge on any atom is 0.275 e. The molecular weight excluding hydrogens is 314 g/mol. The number of hydrogen-bond acceptors (Lipinski definition) is 3. The van der Waals surface area contributed by atoms with Crippen molar-refractivity contribution >= 4 is 22.4 Å². The first-order valence-corrected chi connectivity index (χ1v) is 8.24. The molecule has 2 aromatic carbocycles. The minimum Gasteiger partial charge on any atom is -0.324 e. The Balaban J connectivity index is 1.94. The highest BCUT2D eigenvalue weighted by atomic mass is 16.2. The van der Waals surface area contributed by atoms with Gasteiger partial charge in [-0.2, -0.15) is 5.10 Å². The fourth-order valence-electron chi connectivity index (χ4n) is 3.10. The van der Waals surface area contributed by atoms with Crippen LogP contribution in [0.2, 0.25) is 0 Å². The molecule has 1 aromatic heterocycles. The average Bonchev–Trinajstić information content (AvgIpc) is 2.58. The zero-order valence-corrected chi connectivity index (χ0v) is 14.8. The standard InChI is InChI=1S/C20H21N3O2/c1-12-9-13(2)18(14(3)10-12)22-19(24)15(4)23-20(25)17-8-6-5-7-16(17)11-21-23/h5-11,15H,1-4H3,(H,22,24)/t15-/m0/s1. The van der Waals surface area contributed by atoms with Gasteiger partial charge in [0.1, 0.15) is 6.04 Å². The van der Waals surface area contributed by atoms with E-state index in [1.54, 1.807) is 25.3 Å². The van der Waals surface area contributed by atoms with Crippen LogP contribution in [0.3, 0.4) is 0 Å². The van der Waals surface area contributed by atoms with Crippen LogP contribution in [0.4, 0.5) is 5.69 Å². The van der Waals surface area contributed by atoms with Crippen LogP contribution in [0.25, 0.3) is 10.8 Å². The first-order valence-electron chi connectivity index (χ1n) is 8.24. The lowest BCUT2D eigenvalue weighted by Gasteiger charge is -2.17. The molecule has 128 valence electrons. The van der Waals surface area contributed by atoms with E-state index in [-0.39, 0.29) is 11.5 Å². The van der Waals surface area contributed by atoms with E-state index in [2.05, 4.69) is 10.4 Å². The monoisotopic (exact) mass is 335 g/mol. The van der Waals surface area contributed by atoms with Gasteiger partial charge in [0.05, 0.1) is 11.6 Å². The minimum atomic E-state index is -0.711. The minimum absolute atomic E-state index is 0.264. The maximum atomic E-state index is 12.7. The SMILES string of the molecule is Cc1cc(C)c(NC(=O)[C@H](C)n2ncc3ccccc3c2=O)c(C)c1. The number of carbonyl (C=O) groups is 1. The van der Waals surface area contributed by atoms with Crippen LogP contribution in [0, 0.1) is 20.8 Å². The van der Waals surface area contributed by atoms with E-state index in [0.717, 1.165) is 27.8 Å². The predicted molar refractivity (Wildman–Crippen MR) is 100.0 cm³/mol. The quantitative estimate of drug-likeness (QED) is 0.796. The molecule has 0 bridgehead atoms. The summed E-state index contributed by atoms with van der Waals surface area (Å²) in [6.07, 6.45) is 1.61. The number of benzene rings is 2. The summed E-state index contributed by atoms with van der Waals surface area (Å²) < 4.78 is 1.23. The number of anilines is 1. The molecule has 0 saturated carbocycles. The van der Waals surface area contributed by atoms with Gasteiger partial charge >= 0.3 is 0 Å². The summed E-state index contributed by atoms with van der Waals surface area (Å²) in [4.78, 5) is 25.3. The van der Waals surface area contributed by atoms with E-state index in [9.17, 15) is 9.59 Å². The van der Waals surface area contributed by atoms with Gasteiger partial charge < -0.3 is 5.32 Å². The Bertz CT molecular complexity index is 998. The Morgan fingerprint density at radius 1 is 1.12 bits per heavy atom. The second kappa shape index (κ2) is 6.51. The first-order chi connectivity index (χ1) is 11.9. The molecule has 0 unspecified atom stereocenters. The molecule has 0 fully saturated rings. The van der Waals surface area contributed by atoms with Gasteiger partial charge in [-0.05, 0) is 44.9 Å². The average molecular weight is 335 g/mol. The molecule has 0 radical (unpaired) electrons. The third-order valence-electron chi connectivity index (χ3n) is 4.39. The lowest BCUT2D eigenvalue weighted by atomic mass is 10.0. The Morgan fingerprint density at radius 3 is 2.44 bits per heavy atom. The number of nitrogens with one attached hydrogen (secondary N) is 1. The van der Waals surface area contributed by atoms with E-state index in [4.69, 9.17) is 0 Å². The molecule has 1 N–H and O–H groups in total. The predicted octanol–water partition coefficient (Wildman–Crippen LogP) is 3.52. The maximum absolute atomic E-state index is 12.7.